The second-order valence-electron chi connectivity index (χ2n) is 3.78. The zero-order valence-electron chi connectivity index (χ0n) is 14.3. The van der Waals surface area contributed by atoms with Crippen molar-refractivity contribution < 1.29 is 39.6 Å². The zero-order chi connectivity index (χ0) is 19.1. The number of hydrogen-bond donors (Lipinski definition) is 4. The normalized spacial score (nSPS) is 7.00. The predicted molar refractivity (Wildman–Crippen MR) is 83.1 cm³/mol. The minimum absolute atomic E-state index is 0.833. The standard InChI is InChI=1S/C6H14.4C2H4O2/c1-3-5-6-4-2;4*1-2(3)4/h3-6H2,1-2H3;4*1H3,(H,3,4). The molecule has 134 valence electrons. The lowest BCUT2D eigenvalue weighted by molar-refractivity contribution is -0.135. The number of carboxylic acids is 4. The first-order chi connectivity index (χ1) is 9.84. The van der Waals surface area contributed by atoms with Gasteiger partial charge in [0.2, 0.25) is 0 Å². The van der Waals surface area contributed by atoms with E-state index in [1.165, 1.54) is 25.7 Å². The van der Waals surface area contributed by atoms with E-state index < -0.39 is 23.9 Å². The molecule has 0 fully saturated rings. The van der Waals surface area contributed by atoms with Crippen LogP contribution in [0.2, 0.25) is 0 Å². The summed E-state index contributed by atoms with van der Waals surface area (Å²) in [5.41, 5.74) is 0. The summed E-state index contributed by atoms with van der Waals surface area (Å²) in [6.45, 7) is 8.80. The number of carbonyl (C=O) groups is 4. The molecule has 0 heterocycles. The van der Waals surface area contributed by atoms with Gasteiger partial charge < -0.3 is 20.4 Å². The molecule has 22 heavy (non-hydrogen) atoms. The molecule has 0 aliphatic carbocycles. The number of unbranched alkanes of at least 4 members (excludes halogenated alkanes) is 3. The molecule has 0 saturated carbocycles. The van der Waals surface area contributed by atoms with Crippen LogP contribution in [0.1, 0.15) is 67.2 Å². The van der Waals surface area contributed by atoms with Crippen LogP contribution in [0.3, 0.4) is 0 Å². The Kier molecular flexibility index (Phi) is 45.6. The van der Waals surface area contributed by atoms with E-state index in [4.69, 9.17) is 39.6 Å². The molecule has 0 rings (SSSR count). The highest BCUT2D eigenvalue weighted by atomic mass is 16.4. The Morgan fingerprint density at radius 3 is 0.682 bits per heavy atom. The van der Waals surface area contributed by atoms with Gasteiger partial charge in [0.05, 0.1) is 0 Å². The van der Waals surface area contributed by atoms with E-state index in [1.54, 1.807) is 0 Å². The Labute approximate surface area is 131 Å². The predicted octanol–water partition coefficient (Wildman–Crippen LogP) is 2.95. The molecule has 0 amide bonds. The van der Waals surface area contributed by atoms with Crippen molar-refractivity contribution in [3.05, 3.63) is 0 Å². The van der Waals surface area contributed by atoms with Gasteiger partial charge in [0, 0.05) is 27.7 Å². The van der Waals surface area contributed by atoms with Crippen molar-refractivity contribution in [2.24, 2.45) is 0 Å². The third kappa shape index (κ3) is 6580. The van der Waals surface area contributed by atoms with Gasteiger partial charge >= 0.3 is 0 Å². The maximum absolute atomic E-state index is 9.00. The van der Waals surface area contributed by atoms with Crippen LogP contribution >= 0.6 is 0 Å². The Morgan fingerprint density at radius 1 is 0.545 bits per heavy atom. The zero-order valence-corrected chi connectivity index (χ0v) is 14.3. The fraction of sp³-hybridized carbons (Fsp3) is 0.714. The van der Waals surface area contributed by atoms with Gasteiger partial charge in [-0.05, 0) is 0 Å². The van der Waals surface area contributed by atoms with Crippen LogP contribution in [0.15, 0.2) is 0 Å². The van der Waals surface area contributed by atoms with Crippen molar-refractivity contribution in [3.63, 3.8) is 0 Å². The summed E-state index contributed by atoms with van der Waals surface area (Å²) in [4.78, 5) is 36.0. The van der Waals surface area contributed by atoms with Gasteiger partial charge in [-0.1, -0.05) is 39.5 Å². The van der Waals surface area contributed by atoms with Gasteiger partial charge in [0.25, 0.3) is 23.9 Å². The number of rotatable bonds is 3. The molecular formula is C14H30O8. The fourth-order valence-electron chi connectivity index (χ4n) is 0.500. The Bertz CT molecular complexity index is 206. The van der Waals surface area contributed by atoms with Gasteiger partial charge in [0.1, 0.15) is 0 Å². The fourth-order valence-corrected chi connectivity index (χ4v) is 0.500. The molecule has 0 aromatic carbocycles. The summed E-state index contributed by atoms with van der Waals surface area (Å²) in [7, 11) is 0. The molecule has 0 bridgehead atoms. The number of carboxylic acid groups (broad SMARTS) is 4. The van der Waals surface area contributed by atoms with E-state index in [9.17, 15) is 0 Å². The molecule has 0 spiro atoms. The molecule has 0 radical (unpaired) electrons. The van der Waals surface area contributed by atoms with E-state index in [0.717, 1.165) is 27.7 Å². The first-order valence-corrected chi connectivity index (χ1v) is 6.63. The summed E-state index contributed by atoms with van der Waals surface area (Å²) >= 11 is 0. The largest absolute Gasteiger partial charge is 0.481 e. The maximum Gasteiger partial charge on any atom is 0.300 e. The van der Waals surface area contributed by atoms with E-state index in [-0.39, 0.29) is 0 Å². The van der Waals surface area contributed by atoms with Gasteiger partial charge in [-0.3, -0.25) is 19.2 Å². The maximum atomic E-state index is 9.00. The van der Waals surface area contributed by atoms with Gasteiger partial charge in [0.15, 0.2) is 0 Å². The molecule has 0 atom stereocenters. The molecule has 4 N–H and O–H groups in total. The molecule has 0 unspecified atom stereocenters. The average Bonchev–Trinajstić information content (AvgIpc) is 2.23. The second kappa shape index (κ2) is 31.3. The monoisotopic (exact) mass is 326 g/mol. The molecule has 0 saturated heterocycles. The molecule has 8 nitrogen and oxygen atoms in total. The van der Waals surface area contributed by atoms with E-state index in [2.05, 4.69) is 13.8 Å². The van der Waals surface area contributed by atoms with Gasteiger partial charge in [-0.15, -0.1) is 0 Å². The molecular weight excluding hydrogens is 296 g/mol. The summed E-state index contributed by atoms with van der Waals surface area (Å²) in [6, 6.07) is 0. The van der Waals surface area contributed by atoms with Crippen LogP contribution < -0.4 is 0 Å². The van der Waals surface area contributed by atoms with E-state index in [0.29, 0.717) is 0 Å². The number of hydrogen-bond acceptors (Lipinski definition) is 4. The van der Waals surface area contributed by atoms with Crippen molar-refractivity contribution >= 4 is 23.9 Å². The van der Waals surface area contributed by atoms with Gasteiger partial charge in [-0.25, -0.2) is 0 Å². The van der Waals surface area contributed by atoms with Crippen molar-refractivity contribution in [2.75, 3.05) is 0 Å². The topological polar surface area (TPSA) is 149 Å². The molecule has 8 heteroatoms. The van der Waals surface area contributed by atoms with Crippen LogP contribution in [-0.4, -0.2) is 44.3 Å². The summed E-state index contributed by atoms with van der Waals surface area (Å²) in [6.07, 6.45) is 5.54. The van der Waals surface area contributed by atoms with Crippen molar-refractivity contribution in [1.82, 2.24) is 0 Å². The minimum atomic E-state index is -0.833. The lowest BCUT2D eigenvalue weighted by Gasteiger charge is -1.86. The van der Waals surface area contributed by atoms with Crippen LogP contribution in [0.5, 0.6) is 0 Å². The van der Waals surface area contributed by atoms with Crippen molar-refractivity contribution in [1.29, 1.82) is 0 Å². The highest BCUT2D eigenvalue weighted by Gasteiger charge is 1.75. The number of aliphatic carboxylic acids is 4. The SMILES string of the molecule is CC(=O)O.CC(=O)O.CC(=O)O.CC(=O)O.CCCCCC. The van der Waals surface area contributed by atoms with Crippen LogP contribution in [0.25, 0.3) is 0 Å². The average molecular weight is 326 g/mol. The van der Waals surface area contributed by atoms with E-state index in [1.807, 2.05) is 0 Å². The first-order valence-electron chi connectivity index (χ1n) is 6.63. The summed E-state index contributed by atoms with van der Waals surface area (Å²) < 4.78 is 0. The Morgan fingerprint density at radius 2 is 0.636 bits per heavy atom. The van der Waals surface area contributed by atoms with Crippen LogP contribution in [0.4, 0.5) is 0 Å². The van der Waals surface area contributed by atoms with E-state index >= 15 is 0 Å². The smallest absolute Gasteiger partial charge is 0.300 e. The first kappa shape index (κ1) is 32.0. The highest BCUT2D eigenvalue weighted by molar-refractivity contribution is 5.63. The third-order valence-corrected chi connectivity index (χ3v) is 0.957. The van der Waals surface area contributed by atoms with Gasteiger partial charge in [-0.2, -0.15) is 0 Å². The minimum Gasteiger partial charge on any atom is -0.481 e. The Balaban J connectivity index is -0.0000000555. The second-order valence-corrected chi connectivity index (χ2v) is 3.78. The molecule has 0 aliphatic rings. The quantitative estimate of drug-likeness (QED) is 0.578. The van der Waals surface area contributed by atoms with Crippen molar-refractivity contribution in [2.45, 2.75) is 67.2 Å². The lowest BCUT2D eigenvalue weighted by Crippen LogP contribution is -1.78. The summed E-state index contributed by atoms with van der Waals surface area (Å²) in [5.74, 6) is -3.33. The third-order valence-electron chi connectivity index (χ3n) is 0.957. The van der Waals surface area contributed by atoms with Crippen LogP contribution in [-0.2, 0) is 19.2 Å². The summed E-state index contributed by atoms with van der Waals surface area (Å²) in [5, 5.41) is 29.7. The molecule has 0 aromatic rings. The lowest BCUT2D eigenvalue weighted by atomic mass is 10.2. The molecule has 0 aromatic heterocycles. The molecule has 0 aliphatic heterocycles. The Hall–Kier alpha value is -2.12. The van der Waals surface area contributed by atoms with Crippen molar-refractivity contribution in [3.8, 4) is 0 Å². The highest BCUT2D eigenvalue weighted by Crippen LogP contribution is 1.95. The van der Waals surface area contributed by atoms with Crippen LogP contribution in [0, 0.1) is 0 Å².